The van der Waals surface area contributed by atoms with E-state index in [1.54, 1.807) is 39.5 Å². The second-order valence-electron chi connectivity index (χ2n) is 3.79. The molecule has 0 aliphatic heterocycles. The van der Waals surface area contributed by atoms with Crippen molar-refractivity contribution in [3.8, 4) is 11.5 Å². The Morgan fingerprint density at radius 2 is 1.78 bits per heavy atom. The van der Waals surface area contributed by atoms with Crippen molar-refractivity contribution < 1.29 is 14.6 Å². The summed E-state index contributed by atoms with van der Waals surface area (Å²) in [5.41, 5.74) is 0.641. The average molecular weight is 249 g/mol. The van der Waals surface area contributed by atoms with Gasteiger partial charge in [-0.1, -0.05) is 0 Å². The molecular formula is C12H15N3O3. The van der Waals surface area contributed by atoms with Crippen molar-refractivity contribution in [1.82, 2.24) is 14.8 Å². The zero-order valence-electron chi connectivity index (χ0n) is 10.5. The van der Waals surface area contributed by atoms with Gasteiger partial charge in [0.25, 0.3) is 0 Å². The number of aliphatic hydroxyl groups excluding tert-OH is 1. The summed E-state index contributed by atoms with van der Waals surface area (Å²) < 4.78 is 11.8. The molecule has 1 aromatic heterocycles. The van der Waals surface area contributed by atoms with Crippen molar-refractivity contribution in [3.63, 3.8) is 0 Å². The summed E-state index contributed by atoms with van der Waals surface area (Å²) >= 11 is 0. The molecule has 0 aliphatic rings. The van der Waals surface area contributed by atoms with E-state index in [-0.39, 0.29) is 0 Å². The summed E-state index contributed by atoms with van der Waals surface area (Å²) in [7, 11) is 4.85. The first-order chi connectivity index (χ1) is 8.65. The van der Waals surface area contributed by atoms with E-state index in [1.165, 1.54) is 11.0 Å². The summed E-state index contributed by atoms with van der Waals surface area (Å²) in [6, 6.07) is 5.22. The van der Waals surface area contributed by atoms with Crippen molar-refractivity contribution in [2.45, 2.75) is 6.10 Å². The molecule has 0 saturated carbocycles. The number of benzene rings is 1. The summed E-state index contributed by atoms with van der Waals surface area (Å²) in [5, 5.41) is 14.2. The maximum Gasteiger partial charge on any atom is 0.160 e. The van der Waals surface area contributed by atoms with Crippen LogP contribution < -0.4 is 9.47 Å². The van der Waals surface area contributed by atoms with Gasteiger partial charge in [0.2, 0.25) is 0 Å². The van der Waals surface area contributed by atoms with Crippen LogP contribution in [0.4, 0.5) is 0 Å². The Labute approximate surface area is 105 Å². The van der Waals surface area contributed by atoms with E-state index in [9.17, 15) is 5.11 Å². The molecule has 2 aromatic rings. The van der Waals surface area contributed by atoms with Crippen LogP contribution in [0, 0.1) is 0 Å². The molecule has 0 spiro atoms. The fourth-order valence-electron chi connectivity index (χ4n) is 1.69. The molecule has 0 aliphatic carbocycles. The van der Waals surface area contributed by atoms with E-state index in [0.29, 0.717) is 22.9 Å². The molecule has 1 aromatic carbocycles. The average Bonchev–Trinajstić information content (AvgIpc) is 2.83. The van der Waals surface area contributed by atoms with Crippen LogP contribution in [0.25, 0.3) is 0 Å². The van der Waals surface area contributed by atoms with Gasteiger partial charge in [0.05, 0.1) is 14.2 Å². The quantitative estimate of drug-likeness (QED) is 0.872. The lowest BCUT2D eigenvalue weighted by atomic mass is 10.1. The van der Waals surface area contributed by atoms with Crippen molar-refractivity contribution >= 4 is 0 Å². The van der Waals surface area contributed by atoms with Gasteiger partial charge in [-0.05, 0) is 17.7 Å². The Balaban J connectivity index is 2.41. The van der Waals surface area contributed by atoms with Crippen molar-refractivity contribution in [1.29, 1.82) is 0 Å². The molecule has 1 N–H and O–H groups in total. The second kappa shape index (κ2) is 5.05. The lowest BCUT2D eigenvalue weighted by molar-refractivity contribution is 0.203. The van der Waals surface area contributed by atoms with Crippen LogP contribution in [0.15, 0.2) is 24.5 Å². The van der Waals surface area contributed by atoms with E-state index < -0.39 is 6.10 Å². The van der Waals surface area contributed by atoms with Gasteiger partial charge in [-0.25, -0.2) is 4.98 Å². The lowest BCUT2D eigenvalue weighted by Crippen LogP contribution is -2.08. The van der Waals surface area contributed by atoms with Crippen LogP contribution in [0.1, 0.15) is 17.5 Å². The third-order valence-electron chi connectivity index (χ3n) is 2.68. The van der Waals surface area contributed by atoms with E-state index in [0.717, 1.165) is 0 Å². The maximum absolute atomic E-state index is 10.3. The number of aromatic nitrogens is 3. The van der Waals surface area contributed by atoms with Gasteiger partial charge in [-0.2, -0.15) is 5.10 Å². The molecule has 1 unspecified atom stereocenters. The molecule has 1 heterocycles. The van der Waals surface area contributed by atoms with Gasteiger partial charge in [0.1, 0.15) is 23.9 Å². The number of rotatable bonds is 4. The first-order valence-electron chi connectivity index (χ1n) is 5.40. The monoisotopic (exact) mass is 249 g/mol. The van der Waals surface area contributed by atoms with Gasteiger partial charge in [-0.15, -0.1) is 0 Å². The third-order valence-corrected chi connectivity index (χ3v) is 2.68. The molecule has 0 bridgehead atoms. The smallest absolute Gasteiger partial charge is 0.160 e. The summed E-state index contributed by atoms with van der Waals surface area (Å²) in [6.07, 6.45) is 0.525. The highest BCUT2D eigenvalue weighted by Crippen LogP contribution is 2.28. The van der Waals surface area contributed by atoms with Crippen LogP contribution in [-0.4, -0.2) is 34.1 Å². The van der Waals surface area contributed by atoms with Gasteiger partial charge in [0, 0.05) is 13.1 Å². The van der Waals surface area contributed by atoms with Crippen LogP contribution in [0.3, 0.4) is 0 Å². The summed E-state index contributed by atoms with van der Waals surface area (Å²) in [4.78, 5) is 4.02. The molecule has 0 radical (unpaired) electrons. The highest BCUT2D eigenvalue weighted by molar-refractivity contribution is 5.40. The first kappa shape index (κ1) is 12.4. The Kier molecular flexibility index (Phi) is 3.47. The van der Waals surface area contributed by atoms with Crippen molar-refractivity contribution in [2.24, 2.45) is 7.05 Å². The molecule has 1 atom stereocenters. The normalized spacial score (nSPS) is 12.2. The van der Waals surface area contributed by atoms with Crippen LogP contribution >= 0.6 is 0 Å². The number of aliphatic hydroxyl groups is 1. The Bertz CT molecular complexity index is 517. The number of ether oxygens (including phenoxy) is 2. The third kappa shape index (κ3) is 2.28. The highest BCUT2D eigenvalue weighted by Gasteiger charge is 2.17. The predicted octanol–water partition coefficient (Wildman–Crippen LogP) is 0.914. The number of nitrogens with zero attached hydrogens (tertiary/aromatic N) is 3. The zero-order valence-corrected chi connectivity index (χ0v) is 10.5. The number of methoxy groups -OCH3 is 2. The Morgan fingerprint density at radius 1 is 1.17 bits per heavy atom. The molecule has 0 saturated heterocycles. The minimum atomic E-state index is -0.874. The van der Waals surface area contributed by atoms with Gasteiger partial charge < -0.3 is 14.6 Å². The number of aryl methyl sites for hydroxylation is 1. The largest absolute Gasteiger partial charge is 0.497 e. The number of hydrogen-bond donors (Lipinski definition) is 1. The fraction of sp³-hybridized carbons (Fsp3) is 0.333. The van der Waals surface area contributed by atoms with Crippen LogP contribution in [0.5, 0.6) is 11.5 Å². The van der Waals surface area contributed by atoms with Crippen LogP contribution in [-0.2, 0) is 7.05 Å². The van der Waals surface area contributed by atoms with Crippen molar-refractivity contribution in [2.75, 3.05) is 14.2 Å². The first-order valence-corrected chi connectivity index (χ1v) is 5.40. The molecule has 18 heavy (non-hydrogen) atoms. The fourth-order valence-corrected chi connectivity index (χ4v) is 1.69. The van der Waals surface area contributed by atoms with Gasteiger partial charge >= 0.3 is 0 Å². The standard InChI is InChI=1S/C12H15N3O3/c1-15-12(13-7-14-15)11(16)8-4-9(17-2)6-10(5-8)18-3/h4-7,11,16H,1-3H3. The minimum absolute atomic E-state index is 0.463. The van der Waals surface area contributed by atoms with E-state index in [1.807, 2.05) is 0 Å². The molecule has 6 heteroatoms. The molecule has 2 rings (SSSR count). The topological polar surface area (TPSA) is 69.4 Å². The van der Waals surface area contributed by atoms with Crippen LogP contribution in [0.2, 0.25) is 0 Å². The molecule has 0 fully saturated rings. The van der Waals surface area contributed by atoms with E-state index in [4.69, 9.17) is 9.47 Å². The molecule has 96 valence electrons. The Hall–Kier alpha value is -2.08. The van der Waals surface area contributed by atoms with Crippen molar-refractivity contribution in [3.05, 3.63) is 35.9 Å². The summed E-state index contributed by atoms with van der Waals surface area (Å²) in [6.45, 7) is 0. The second-order valence-corrected chi connectivity index (χ2v) is 3.79. The van der Waals surface area contributed by atoms with Gasteiger partial charge in [0.15, 0.2) is 5.82 Å². The molecular weight excluding hydrogens is 234 g/mol. The maximum atomic E-state index is 10.3. The molecule has 6 nitrogen and oxygen atoms in total. The number of hydrogen-bond acceptors (Lipinski definition) is 5. The van der Waals surface area contributed by atoms with E-state index in [2.05, 4.69) is 10.1 Å². The zero-order chi connectivity index (χ0) is 13.1. The minimum Gasteiger partial charge on any atom is -0.497 e. The SMILES string of the molecule is COc1cc(OC)cc(C(O)c2ncnn2C)c1. The van der Waals surface area contributed by atoms with Gasteiger partial charge in [-0.3, -0.25) is 4.68 Å². The Morgan fingerprint density at radius 3 is 2.22 bits per heavy atom. The summed E-state index contributed by atoms with van der Waals surface area (Å²) in [5.74, 6) is 1.70. The van der Waals surface area contributed by atoms with E-state index >= 15 is 0 Å². The lowest BCUT2D eigenvalue weighted by Gasteiger charge is -2.13. The predicted molar refractivity (Wildman–Crippen MR) is 64.6 cm³/mol. The highest BCUT2D eigenvalue weighted by atomic mass is 16.5. The molecule has 0 amide bonds.